The number of halogens is 6. The zero-order valence-corrected chi connectivity index (χ0v) is 55.0. The number of aromatic nitrogens is 10. The first-order valence-electron chi connectivity index (χ1n) is 25.4. The van der Waals surface area contributed by atoms with Gasteiger partial charge in [-0.1, -0.05) is 88.7 Å². The second kappa shape index (κ2) is 40.3. The number of hydrogen-bond donors (Lipinski definition) is 19. The largest absolute Gasteiger partial charge is 0.497 e. The van der Waals surface area contributed by atoms with E-state index in [1.54, 1.807) is 35.2 Å². The van der Waals surface area contributed by atoms with E-state index in [1.165, 1.54) is 14.2 Å². The van der Waals surface area contributed by atoms with E-state index in [2.05, 4.69) is 91.2 Å². The number of carbonyl (C=O) groups excluding carboxylic acids is 8. The normalized spacial score (nSPS) is 10.1. The number of ether oxygens (including phenoxy) is 3. The first-order valence-corrected chi connectivity index (χ1v) is 27.7. The summed E-state index contributed by atoms with van der Waals surface area (Å²) in [6, 6.07) is 7.88. The maximum atomic E-state index is 11.9. The SMILES string of the molecule is CCC(=O)NCC(=O)NC(=N)NC(=O)c1nc(Cl)c(N)nc1N.CNc1nc(N)c(C(=O)NC(=N)NC(=O)CN)nc1Cl.CNc1nc(N)c(C(=O)OC)nc1Cl.CNc1nc(N)c(C(N)=O)nc1Cl.COC(=O)c1nc(Cl)c(Cl)nc1N.COc1ccc(C(C)N)cc1. The van der Waals surface area contributed by atoms with Gasteiger partial charge in [0.05, 0.1) is 34.4 Å². The maximum Gasteiger partial charge on any atom is 0.360 e. The molecule has 0 radical (unpaired) electrons. The number of guanidine groups is 2. The lowest BCUT2D eigenvalue weighted by molar-refractivity contribution is -0.125. The van der Waals surface area contributed by atoms with Crippen LogP contribution in [0.3, 0.4) is 0 Å². The van der Waals surface area contributed by atoms with Crippen LogP contribution in [-0.2, 0) is 23.9 Å². The molecule has 0 fully saturated rings. The fourth-order valence-electron chi connectivity index (χ4n) is 5.61. The summed E-state index contributed by atoms with van der Waals surface area (Å²) in [5.41, 5.74) is 48.5. The molecule has 1 atom stereocenters. The van der Waals surface area contributed by atoms with E-state index < -0.39 is 53.4 Å². The van der Waals surface area contributed by atoms with Crippen molar-refractivity contribution in [2.45, 2.75) is 26.3 Å². The molecule has 5 heterocycles. The van der Waals surface area contributed by atoms with Crippen LogP contribution in [0, 0.1) is 10.8 Å². The molecule has 0 bridgehead atoms. The second-order valence-electron chi connectivity index (χ2n) is 16.7. The van der Waals surface area contributed by atoms with Gasteiger partial charge in [0.2, 0.25) is 29.6 Å². The van der Waals surface area contributed by atoms with Crippen LogP contribution >= 0.6 is 69.6 Å². The molecule has 1 aromatic carbocycles. The molecule has 28 N–H and O–H groups in total. The molecule has 0 aliphatic carbocycles. The summed E-state index contributed by atoms with van der Waals surface area (Å²) in [5.74, 6) is -5.74. The fraction of sp³-hybridized carbons (Fsp3) is 0.250. The zero-order valence-electron chi connectivity index (χ0n) is 50.4. The Hall–Kier alpha value is -10.6. The molecule has 0 saturated carbocycles. The number of amides is 6. The number of methoxy groups -OCH3 is 3. The van der Waals surface area contributed by atoms with E-state index >= 15 is 0 Å². The third-order valence-corrected chi connectivity index (χ3v) is 11.8. The summed E-state index contributed by atoms with van der Waals surface area (Å²) in [4.78, 5) is 127. The van der Waals surface area contributed by atoms with Crippen LogP contribution in [0.2, 0.25) is 30.9 Å². The average Bonchev–Trinajstić information content (AvgIpc) is 0.882. The van der Waals surface area contributed by atoms with Gasteiger partial charge in [-0.2, -0.15) is 0 Å². The Morgan fingerprint density at radius 1 is 0.489 bits per heavy atom. The Bertz CT molecular complexity index is 3730. The van der Waals surface area contributed by atoms with Crippen LogP contribution in [0.1, 0.15) is 84.3 Å². The molecule has 0 aliphatic rings. The highest BCUT2D eigenvalue weighted by atomic mass is 35.5. The predicted octanol–water partition coefficient (Wildman–Crippen LogP) is 0.355. The number of nitrogen functional groups attached to an aromatic ring is 6. The predicted molar refractivity (Wildman–Crippen MR) is 351 cm³/mol. The van der Waals surface area contributed by atoms with E-state index in [4.69, 9.17) is 137 Å². The van der Waals surface area contributed by atoms with Crippen molar-refractivity contribution in [3.05, 3.63) is 89.2 Å². The number of esters is 2. The molecule has 46 heteroatoms. The van der Waals surface area contributed by atoms with Crippen LogP contribution in [-0.4, -0.2) is 165 Å². The number of primary amides is 1. The summed E-state index contributed by atoms with van der Waals surface area (Å²) in [6.45, 7) is 2.93. The number of hydrogen-bond acceptors (Lipinski definition) is 34. The van der Waals surface area contributed by atoms with Gasteiger partial charge in [0.15, 0.2) is 112 Å². The number of nitrogens with one attached hydrogen (secondary N) is 10. The molecular weight excluding hydrogens is 1370 g/mol. The Labute approximate surface area is 562 Å². The van der Waals surface area contributed by atoms with Gasteiger partial charge in [-0.05, 0) is 24.6 Å². The quantitative estimate of drug-likeness (QED) is 0.0397. The van der Waals surface area contributed by atoms with Crippen molar-refractivity contribution >= 4 is 181 Å². The van der Waals surface area contributed by atoms with Crippen LogP contribution in [0.25, 0.3) is 0 Å². The standard InChI is InChI=1S/C11H15ClN8O3.C9H13ClN8O2.C9H13NO.C7H9ClN4O2.C6H5Cl2N3O2.C6H8ClN5O/c1-2-4(21)16-3-5(22)17-11(15)20-10(23)6-8(13)19-9(14)7(12)18-6;1-14-7-5(10)16-4(6(12)17-7)8(20)18-9(13)15-3(19)2-11;1-7(10)8-3-5-9(11-2)6-4-8;1-10-6-4(8)11-3(5(9)12-6)7(13)14-2;1-13-6(12)2-5(9)11-4(8)3(7)10-2;1-10-6-3(7)11-2(5(9)13)4(8)12-6/h2-3H2,1H3,(H,16,21)(H4,13,14,19)(H3,15,17,20,22,23);2,11H2,1H3,(H3,12,14,17)(H3,13,15,18,19,20);3-7H,10H2,1-2H3;1-2H3,(H3,9,10,12);1H3,(H2,9,11);1H3,(H2,9,13)(H3,8,10,12). The van der Waals surface area contributed by atoms with Crippen molar-refractivity contribution in [1.82, 2.24) is 76.4 Å². The molecule has 94 heavy (non-hydrogen) atoms. The van der Waals surface area contributed by atoms with Crippen molar-refractivity contribution < 1.29 is 52.6 Å². The molecule has 6 rings (SSSR count). The van der Waals surface area contributed by atoms with Crippen molar-refractivity contribution in [3.8, 4) is 5.75 Å². The van der Waals surface area contributed by atoms with Gasteiger partial charge in [-0.25, -0.2) is 59.4 Å². The summed E-state index contributed by atoms with van der Waals surface area (Å²) in [6.07, 6.45) is 0.220. The Morgan fingerprint density at radius 3 is 1.24 bits per heavy atom. The Morgan fingerprint density at radius 2 is 0.851 bits per heavy atom. The lowest BCUT2D eigenvalue weighted by Crippen LogP contribution is -2.47. The van der Waals surface area contributed by atoms with E-state index in [0.29, 0.717) is 11.6 Å². The summed E-state index contributed by atoms with van der Waals surface area (Å²) in [7, 11) is 8.87. The molecule has 508 valence electrons. The van der Waals surface area contributed by atoms with Crippen molar-refractivity contribution in [3.63, 3.8) is 0 Å². The topological polar surface area (TPSA) is 671 Å². The van der Waals surface area contributed by atoms with Gasteiger partial charge in [0, 0.05) is 33.6 Å². The number of carbonyl (C=O) groups is 8. The van der Waals surface area contributed by atoms with Crippen LogP contribution < -0.4 is 98.9 Å². The Balaban J connectivity index is 0.000000575. The summed E-state index contributed by atoms with van der Waals surface area (Å²) < 4.78 is 13.8. The molecular formula is C48H63Cl6N29O11. The molecule has 6 amide bonds. The smallest absolute Gasteiger partial charge is 0.360 e. The minimum absolute atomic E-state index is 0.0226. The number of benzene rings is 1. The van der Waals surface area contributed by atoms with Gasteiger partial charge >= 0.3 is 11.9 Å². The highest BCUT2D eigenvalue weighted by molar-refractivity contribution is 6.40. The maximum absolute atomic E-state index is 11.9. The Kier molecular flexibility index (Phi) is 34.9. The van der Waals surface area contributed by atoms with E-state index in [1.807, 2.05) is 41.8 Å². The summed E-state index contributed by atoms with van der Waals surface area (Å²) >= 11 is 33.8. The molecule has 0 saturated heterocycles. The van der Waals surface area contributed by atoms with Crippen molar-refractivity contribution in [2.24, 2.45) is 17.2 Å². The number of nitrogens with two attached hydrogens (primary N) is 9. The molecule has 1 unspecified atom stereocenters. The lowest BCUT2D eigenvalue weighted by Gasteiger charge is -2.10. The fourth-order valence-corrected chi connectivity index (χ4v) is 6.66. The van der Waals surface area contributed by atoms with Gasteiger partial charge in [-0.3, -0.25) is 60.9 Å². The molecule has 0 spiro atoms. The van der Waals surface area contributed by atoms with E-state index in [-0.39, 0.29) is 132 Å². The van der Waals surface area contributed by atoms with E-state index in [0.717, 1.165) is 11.3 Å². The lowest BCUT2D eigenvalue weighted by atomic mass is 10.1. The highest BCUT2D eigenvalue weighted by Gasteiger charge is 2.22. The van der Waals surface area contributed by atoms with Crippen LogP contribution in [0.4, 0.5) is 52.4 Å². The monoisotopic (exact) mass is 1430 g/mol. The minimum atomic E-state index is -0.903. The van der Waals surface area contributed by atoms with Crippen molar-refractivity contribution in [1.29, 1.82) is 10.8 Å². The number of anilines is 9. The average molecular weight is 1430 g/mol. The van der Waals surface area contributed by atoms with Crippen molar-refractivity contribution in [2.75, 3.05) is 106 Å². The van der Waals surface area contributed by atoms with Crippen LogP contribution in [0.5, 0.6) is 5.75 Å². The number of rotatable bonds is 14. The number of nitrogens with zero attached hydrogens (tertiary/aromatic N) is 10. The van der Waals surface area contributed by atoms with Gasteiger partial charge < -0.3 is 87.1 Å². The minimum Gasteiger partial charge on any atom is -0.497 e. The molecule has 5 aromatic heterocycles. The zero-order chi connectivity index (χ0) is 71.9. The molecule has 6 aromatic rings. The third-order valence-electron chi connectivity index (χ3n) is 10.1. The van der Waals surface area contributed by atoms with Gasteiger partial charge in [0.25, 0.3) is 17.7 Å². The highest BCUT2D eigenvalue weighted by Crippen LogP contribution is 2.24. The summed E-state index contributed by atoms with van der Waals surface area (Å²) in [5, 5.41) is 33.0. The first-order chi connectivity index (χ1) is 44.1. The first kappa shape index (κ1) is 81.4. The third kappa shape index (κ3) is 26.7. The van der Waals surface area contributed by atoms with E-state index in [9.17, 15) is 38.4 Å². The van der Waals surface area contributed by atoms with Crippen LogP contribution in [0.15, 0.2) is 24.3 Å². The molecule has 40 nitrogen and oxygen atoms in total. The van der Waals surface area contributed by atoms with Gasteiger partial charge in [-0.15, -0.1) is 0 Å². The molecule has 0 aliphatic heterocycles. The second-order valence-corrected chi connectivity index (χ2v) is 18.9. The van der Waals surface area contributed by atoms with Gasteiger partial charge in [0.1, 0.15) is 5.75 Å².